The summed E-state index contributed by atoms with van der Waals surface area (Å²) in [5, 5.41) is 3.74. The van der Waals surface area contributed by atoms with E-state index in [1.54, 1.807) is 12.0 Å². The lowest BCUT2D eigenvalue weighted by Gasteiger charge is -2.38. The van der Waals surface area contributed by atoms with Gasteiger partial charge in [0, 0.05) is 26.1 Å². The minimum atomic E-state index is -0.658. The van der Waals surface area contributed by atoms with Crippen LogP contribution in [0.15, 0.2) is 48.5 Å². The van der Waals surface area contributed by atoms with Gasteiger partial charge in [0.05, 0.1) is 13.3 Å². The van der Waals surface area contributed by atoms with E-state index in [1.807, 2.05) is 37.8 Å². The lowest BCUT2D eigenvalue weighted by Crippen LogP contribution is -2.56. The molecule has 2 saturated heterocycles. The Morgan fingerprint density at radius 2 is 1.54 bits per heavy atom. The number of carbonyl (C=O) groups excluding carboxylic acids is 2. The van der Waals surface area contributed by atoms with Crippen molar-refractivity contribution >= 4 is 12.0 Å². The van der Waals surface area contributed by atoms with Gasteiger partial charge in [-0.15, -0.1) is 0 Å². The van der Waals surface area contributed by atoms with Gasteiger partial charge in [0.1, 0.15) is 16.9 Å². The van der Waals surface area contributed by atoms with Crippen LogP contribution in [0.1, 0.15) is 71.1 Å². The monoisotopic (exact) mass is 535 g/mol. The van der Waals surface area contributed by atoms with Gasteiger partial charge >= 0.3 is 6.09 Å². The van der Waals surface area contributed by atoms with Crippen LogP contribution in [-0.2, 0) is 27.8 Å². The summed E-state index contributed by atoms with van der Waals surface area (Å²) in [5.41, 5.74) is 2.55. The molecule has 39 heavy (non-hydrogen) atoms. The number of methoxy groups -OCH3 is 1. The standard InChI is InChI=1S/C32H45N3O4/c1-30(2,3)25-12-8-24(9-13-25)22-27-33-32(17-20-34(21-18-32)29(37)39-31(4,5)6)28(36)35(27)19-16-23-10-14-26(38-7)15-11-23/h8-15,27,33H,16-22H2,1-7H3. The Kier molecular flexibility index (Phi) is 8.31. The smallest absolute Gasteiger partial charge is 0.410 e. The third kappa shape index (κ3) is 6.93. The molecular weight excluding hydrogens is 490 g/mol. The topological polar surface area (TPSA) is 71.1 Å². The first-order valence-electron chi connectivity index (χ1n) is 14.1. The van der Waals surface area contributed by atoms with Crippen molar-refractivity contribution in [3.8, 4) is 5.75 Å². The molecular formula is C32H45N3O4. The minimum absolute atomic E-state index is 0.0939. The number of benzene rings is 2. The third-order valence-electron chi connectivity index (χ3n) is 7.81. The van der Waals surface area contributed by atoms with Gasteiger partial charge in [-0.05, 0) is 74.3 Å². The molecule has 1 spiro atoms. The van der Waals surface area contributed by atoms with Crippen molar-refractivity contribution in [2.45, 2.75) is 89.9 Å². The molecule has 0 aromatic heterocycles. The van der Waals surface area contributed by atoms with Crippen molar-refractivity contribution < 1.29 is 19.1 Å². The minimum Gasteiger partial charge on any atom is -0.497 e. The molecule has 7 heteroatoms. The molecule has 1 N–H and O–H groups in total. The molecule has 2 amide bonds. The Hall–Kier alpha value is -3.06. The quantitative estimate of drug-likeness (QED) is 0.543. The number of hydrogen-bond donors (Lipinski definition) is 1. The molecule has 212 valence electrons. The number of carbonyl (C=O) groups is 2. The van der Waals surface area contributed by atoms with E-state index in [0.717, 1.165) is 24.2 Å². The number of ether oxygens (including phenoxy) is 2. The van der Waals surface area contributed by atoms with Crippen molar-refractivity contribution in [1.29, 1.82) is 0 Å². The third-order valence-corrected chi connectivity index (χ3v) is 7.81. The molecule has 0 radical (unpaired) electrons. The Bertz CT molecular complexity index is 1140. The summed E-state index contributed by atoms with van der Waals surface area (Å²) in [6.45, 7) is 13.9. The highest BCUT2D eigenvalue weighted by Crippen LogP contribution is 2.33. The molecule has 2 heterocycles. The number of hydrogen-bond acceptors (Lipinski definition) is 5. The predicted molar refractivity (Wildman–Crippen MR) is 154 cm³/mol. The van der Waals surface area contributed by atoms with Crippen molar-refractivity contribution in [2.24, 2.45) is 0 Å². The van der Waals surface area contributed by atoms with E-state index in [2.05, 4.69) is 62.5 Å². The van der Waals surface area contributed by atoms with Crippen LogP contribution in [0.25, 0.3) is 0 Å². The van der Waals surface area contributed by atoms with E-state index in [4.69, 9.17) is 9.47 Å². The number of amides is 2. The summed E-state index contributed by atoms with van der Waals surface area (Å²) in [4.78, 5) is 30.4. The normalized spacial score (nSPS) is 19.5. The maximum Gasteiger partial charge on any atom is 0.410 e. The molecule has 2 aromatic carbocycles. The Labute approximate surface area is 233 Å². The summed E-state index contributed by atoms with van der Waals surface area (Å²) in [5.74, 6) is 0.959. The number of nitrogens with one attached hydrogen (secondary N) is 1. The summed E-state index contributed by atoms with van der Waals surface area (Å²) < 4.78 is 10.9. The zero-order valence-electron chi connectivity index (χ0n) is 24.7. The first-order chi connectivity index (χ1) is 18.3. The number of rotatable bonds is 6. The number of likely N-dealkylation sites (tertiary alicyclic amines) is 1. The van der Waals surface area contributed by atoms with Gasteiger partial charge < -0.3 is 19.3 Å². The fraction of sp³-hybridized carbons (Fsp3) is 0.562. The van der Waals surface area contributed by atoms with Crippen LogP contribution in [-0.4, -0.2) is 65.9 Å². The second-order valence-corrected chi connectivity index (χ2v) is 13.0. The van der Waals surface area contributed by atoms with Gasteiger partial charge in [-0.25, -0.2) is 4.79 Å². The highest BCUT2D eigenvalue weighted by atomic mass is 16.6. The van der Waals surface area contributed by atoms with Crippen molar-refractivity contribution in [2.75, 3.05) is 26.7 Å². The van der Waals surface area contributed by atoms with E-state index in [0.29, 0.717) is 32.5 Å². The second kappa shape index (κ2) is 11.2. The Morgan fingerprint density at radius 1 is 0.949 bits per heavy atom. The molecule has 2 aromatic rings. The Balaban J connectivity index is 1.50. The molecule has 7 nitrogen and oxygen atoms in total. The van der Waals surface area contributed by atoms with Crippen LogP contribution in [0.3, 0.4) is 0 Å². The summed E-state index contributed by atoms with van der Waals surface area (Å²) in [7, 11) is 1.66. The van der Waals surface area contributed by atoms with Gasteiger partial charge in [0.2, 0.25) is 5.91 Å². The van der Waals surface area contributed by atoms with E-state index in [1.165, 1.54) is 11.1 Å². The van der Waals surface area contributed by atoms with Crippen LogP contribution in [0.2, 0.25) is 0 Å². The van der Waals surface area contributed by atoms with Gasteiger partial charge in [-0.1, -0.05) is 57.2 Å². The highest BCUT2D eigenvalue weighted by molar-refractivity contribution is 5.89. The Morgan fingerprint density at radius 3 is 2.08 bits per heavy atom. The molecule has 0 saturated carbocycles. The van der Waals surface area contributed by atoms with Gasteiger partial charge in [-0.2, -0.15) is 0 Å². The van der Waals surface area contributed by atoms with Crippen molar-refractivity contribution in [3.05, 3.63) is 65.2 Å². The van der Waals surface area contributed by atoms with E-state index >= 15 is 0 Å². The van der Waals surface area contributed by atoms with E-state index < -0.39 is 11.1 Å². The summed E-state index contributed by atoms with van der Waals surface area (Å²) in [6, 6.07) is 16.8. The van der Waals surface area contributed by atoms with Crippen molar-refractivity contribution in [3.63, 3.8) is 0 Å². The zero-order chi connectivity index (χ0) is 28.4. The fourth-order valence-corrected chi connectivity index (χ4v) is 5.46. The average molecular weight is 536 g/mol. The van der Waals surface area contributed by atoms with Gasteiger partial charge in [0.25, 0.3) is 0 Å². The average Bonchev–Trinajstić information content (AvgIpc) is 3.11. The van der Waals surface area contributed by atoms with Crippen LogP contribution >= 0.6 is 0 Å². The fourth-order valence-electron chi connectivity index (χ4n) is 5.46. The molecule has 2 aliphatic heterocycles. The number of nitrogens with zero attached hydrogens (tertiary/aromatic N) is 2. The van der Waals surface area contributed by atoms with Crippen LogP contribution in [0, 0.1) is 0 Å². The molecule has 1 unspecified atom stereocenters. The molecule has 0 bridgehead atoms. The maximum atomic E-state index is 14.0. The predicted octanol–water partition coefficient (Wildman–Crippen LogP) is 5.31. The van der Waals surface area contributed by atoms with Crippen molar-refractivity contribution in [1.82, 2.24) is 15.1 Å². The lowest BCUT2D eigenvalue weighted by molar-refractivity contribution is -0.134. The van der Waals surface area contributed by atoms with Crippen LogP contribution < -0.4 is 10.1 Å². The molecule has 2 fully saturated rings. The van der Waals surface area contributed by atoms with E-state index in [9.17, 15) is 9.59 Å². The largest absolute Gasteiger partial charge is 0.497 e. The van der Waals surface area contributed by atoms with Gasteiger partial charge in [-0.3, -0.25) is 10.1 Å². The van der Waals surface area contributed by atoms with Gasteiger partial charge in [0.15, 0.2) is 0 Å². The van der Waals surface area contributed by atoms with Crippen LogP contribution in [0.4, 0.5) is 4.79 Å². The first-order valence-corrected chi connectivity index (χ1v) is 14.1. The second-order valence-electron chi connectivity index (χ2n) is 13.0. The van der Waals surface area contributed by atoms with Crippen LogP contribution in [0.5, 0.6) is 5.75 Å². The molecule has 1 atom stereocenters. The van der Waals surface area contributed by atoms with E-state index in [-0.39, 0.29) is 23.6 Å². The maximum absolute atomic E-state index is 14.0. The molecule has 2 aliphatic rings. The summed E-state index contributed by atoms with van der Waals surface area (Å²) >= 11 is 0. The summed E-state index contributed by atoms with van der Waals surface area (Å²) in [6.07, 6.45) is 2.22. The molecule has 0 aliphatic carbocycles. The first kappa shape index (κ1) is 28.9. The lowest BCUT2D eigenvalue weighted by atomic mass is 9.86. The number of piperidine rings is 1. The molecule has 4 rings (SSSR count). The highest BCUT2D eigenvalue weighted by Gasteiger charge is 2.52. The zero-order valence-corrected chi connectivity index (χ0v) is 24.7. The SMILES string of the molecule is COc1ccc(CCN2C(=O)C3(CCN(C(=O)OC(C)(C)C)CC3)NC2Cc2ccc(C(C)(C)C)cc2)cc1.